The van der Waals surface area contributed by atoms with Gasteiger partial charge in [-0.05, 0) is 44.4 Å². The van der Waals surface area contributed by atoms with E-state index in [1.807, 2.05) is 6.92 Å². The third-order valence-corrected chi connectivity index (χ3v) is 7.14. The van der Waals surface area contributed by atoms with Crippen LogP contribution in [0.2, 0.25) is 0 Å². The van der Waals surface area contributed by atoms with Crippen molar-refractivity contribution in [3.05, 3.63) is 29.2 Å². The summed E-state index contributed by atoms with van der Waals surface area (Å²) < 4.78 is 27.6. The molecule has 0 aromatic carbocycles. The number of nitrogens with one attached hydrogen (secondary N) is 1. The third-order valence-electron chi connectivity index (χ3n) is 3.54. The van der Waals surface area contributed by atoms with Gasteiger partial charge in [0, 0.05) is 24.0 Å². The molecule has 0 saturated heterocycles. The van der Waals surface area contributed by atoms with Crippen LogP contribution in [-0.2, 0) is 16.6 Å². The number of aryl methyl sites for hydroxylation is 1. The molecular weight excluding hydrogens is 304 g/mol. The van der Waals surface area contributed by atoms with Crippen molar-refractivity contribution in [2.24, 2.45) is 0 Å². The molecule has 0 bridgehead atoms. The Morgan fingerprint density at radius 3 is 2.81 bits per heavy atom. The van der Waals surface area contributed by atoms with Crippen molar-refractivity contribution >= 4 is 21.4 Å². The fourth-order valence-corrected chi connectivity index (χ4v) is 5.56. The van der Waals surface area contributed by atoms with Gasteiger partial charge in [0.15, 0.2) is 0 Å². The van der Waals surface area contributed by atoms with Crippen molar-refractivity contribution in [2.45, 2.75) is 49.9 Å². The van der Waals surface area contributed by atoms with Crippen LogP contribution < -0.4 is 5.32 Å². The summed E-state index contributed by atoms with van der Waals surface area (Å²) in [6, 6.07) is 1.97. The van der Waals surface area contributed by atoms with Gasteiger partial charge in [0.05, 0.1) is 0 Å². The quantitative estimate of drug-likeness (QED) is 0.560. The predicted octanol–water partition coefficient (Wildman–Crippen LogP) is 2.90. The van der Waals surface area contributed by atoms with E-state index in [0.29, 0.717) is 10.8 Å². The van der Waals surface area contributed by atoms with E-state index < -0.39 is 10.0 Å². The second-order valence-electron chi connectivity index (χ2n) is 5.44. The normalized spacial score (nSPS) is 15.6. The smallest absolute Gasteiger partial charge is 0.253 e. The number of hydrogen-bond donors (Lipinski definition) is 1. The van der Waals surface area contributed by atoms with Crippen LogP contribution in [0.15, 0.2) is 22.9 Å². The Morgan fingerprint density at radius 2 is 2.24 bits per heavy atom. The van der Waals surface area contributed by atoms with Crippen LogP contribution in [0.3, 0.4) is 0 Å². The van der Waals surface area contributed by atoms with E-state index >= 15 is 0 Å². The maximum Gasteiger partial charge on any atom is 0.253 e. The van der Waals surface area contributed by atoms with Crippen molar-refractivity contribution in [3.63, 3.8) is 0 Å². The monoisotopic (exact) mass is 328 g/mol. The standard InChI is InChI=1S/C15H24N2O2S2/c1-4-8-16-11-14-12(3)10-15(20-14)21(18,19)17(9-5-2)13-6-7-13/h5,10,13,16H,2,4,6-9,11H2,1,3H3. The van der Waals surface area contributed by atoms with Crippen molar-refractivity contribution in [1.82, 2.24) is 9.62 Å². The molecule has 6 heteroatoms. The van der Waals surface area contributed by atoms with Crippen LogP contribution in [0.1, 0.15) is 36.6 Å². The van der Waals surface area contributed by atoms with Gasteiger partial charge in [0.2, 0.25) is 0 Å². The van der Waals surface area contributed by atoms with Crippen molar-refractivity contribution < 1.29 is 8.42 Å². The minimum atomic E-state index is -3.38. The summed E-state index contributed by atoms with van der Waals surface area (Å²) in [5.74, 6) is 0. The highest BCUT2D eigenvalue weighted by Crippen LogP contribution is 2.35. The lowest BCUT2D eigenvalue weighted by Gasteiger charge is -2.18. The summed E-state index contributed by atoms with van der Waals surface area (Å²) in [5, 5.41) is 3.33. The highest BCUT2D eigenvalue weighted by Gasteiger charge is 2.38. The highest BCUT2D eigenvalue weighted by atomic mass is 32.2. The summed E-state index contributed by atoms with van der Waals surface area (Å²) in [7, 11) is -3.38. The zero-order chi connectivity index (χ0) is 15.5. The lowest BCUT2D eigenvalue weighted by molar-refractivity contribution is 0.437. The first-order valence-electron chi connectivity index (χ1n) is 7.43. The zero-order valence-electron chi connectivity index (χ0n) is 12.8. The van der Waals surface area contributed by atoms with Gasteiger partial charge in [-0.25, -0.2) is 8.42 Å². The Balaban J connectivity index is 2.19. The van der Waals surface area contributed by atoms with Crippen LogP contribution in [-0.4, -0.2) is 31.9 Å². The third kappa shape index (κ3) is 3.94. The molecule has 1 aromatic heterocycles. The first-order chi connectivity index (χ1) is 10.0. The van der Waals surface area contributed by atoms with Gasteiger partial charge in [-0.3, -0.25) is 0 Å². The lowest BCUT2D eigenvalue weighted by atomic mass is 10.3. The number of nitrogens with zero attached hydrogens (tertiary/aromatic N) is 1. The van der Waals surface area contributed by atoms with E-state index in [1.54, 1.807) is 16.4 Å². The van der Waals surface area contributed by atoms with E-state index in [-0.39, 0.29) is 6.04 Å². The Kier molecular flexibility index (Phi) is 5.60. The fourth-order valence-electron chi connectivity index (χ4n) is 2.22. The summed E-state index contributed by atoms with van der Waals surface area (Å²) in [6.07, 6.45) is 4.66. The van der Waals surface area contributed by atoms with Gasteiger partial charge in [-0.2, -0.15) is 4.31 Å². The highest BCUT2D eigenvalue weighted by molar-refractivity contribution is 7.91. The van der Waals surface area contributed by atoms with Crippen LogP contribution in [0.5, 0.6) is 0 Å². The Morgan fingerprint density at radius 1 is 1.52 bits per heavy atom. The van der Waals surface area contributed by atoms with Gasteiger partial charge in [0.25, 0.3) is 10.0 Å². The number of thiophene rings is 1. The first-order valence-corrected chi connectivity index (χ1v) is 9.69. The number of hydrogen-bond acceptors (Lipinski definition) is 4. The van der Waals surface area contributed by atoms with Crippen molar-refractivity contribution in [1.29, 1.82) is 0 Å². The van der Waals surface area contributed by atoms with Crippen LogP contribution in [0.4, 0.5) is 0 Å². The molecule has 0 unspecified atom stereocenters. The molecule has 0 radical (unpaired) electrons. The zero-order valence-corrected chi connectivity index (χ0v) is 14.4. The molecular formula is C15H24N2O2S2. The van der Waals surface area contributed by atoms with E-state index in [2.05, 4.69) is 18.8 Å². The molecule has 1 aromatic rings. The molecule has 1 heterocycles. The second kappa shape index (κ2) is 7.05. The Bertz CT molecular complexity index is 589. The van der Waals surface area contributed by atoms with E-state index in [4.69, 9.17) is 0 Å². The van der Waals surface area contributed by atoms with Gasteiger partial charge < -0.3 is 5.32 Å². The molecule has 118 valence electrons. The largest absolute Gasteiger partial charge is 0.312 e. The molecule has 2 rings (SSSR count). The summed E-state index contributed by atoms with van der Waals surface area (Å²) in [5.41, 5.74) is 1.05. The molecule has 21 heavy (non-hydrogen) atoms. The van der Waals surface area contributed by atoms with Gasteiger partial charge in [0.1, 0.15) is 4.21 Å². The fraction of sp³-hybridized carbons (Fsp3) is 0.600. The van der Waals surface area contributed by atoms with E-state index in [9.17, 15) is 8.42 Å². The van der Waals surface area contributed by atoms with Crippen molar-refractivity contribution in [3.8, 4) is 0 Å². The minimum Gasteiger partial charge on any atom is -0.312 e. The second-order valence-corrected chi connectivity index (χ2v) is 8.70. The van der Waals surface area contributed by atoms with Crippen LogP contribution >= 0.6 is 11.3 Å². The molecule has 4 nitrogen and oxygen atoms in total. The molecule has 1 aliphatic carbocycles. The van der Waals surface area contributed by atoms with Gasteiger partial charge in [-0.15, -0.1) is 17.9 Å². The van der Waals surface area contributed by atoms with E-state index in [0.717, 1.165) is 42.8 Å². The maximum absolute atomic E-state index is 12.8. The molecule has 0 aliphatic heterocycles. The Labute approximate surface area is 131 Å². The molecule has 1 aliphatic rings. The van der Waals surface area contributed by atoms with Crippen LogP contribution in [0.25, 0.3) is 0 Å². The number of sulfonamides is 1. The topological polar surface area (TPSA) is 49.4 Å². The lowest BCUT2D eigenvalue weighted by Crippen LogP contribution is -2.32. The van der Waals surface area contributed by atoms with Gasteiger partial charge >= 0.3 is 0 Å². The maximum atomic E-state index is 12.8. The Hall–Kier alpha value is -0.690. The first kappa shape index (κ1) is 16.7. The average molecular weight is 329 g/mol. The molecule has 1 N–H and O–H groups in total. The summed E-state index contributed by atoms with van der Waals surface area (Å²) in [4.78, 5) is 1.11. The van der Waals surface area contributed by atoms with E-state index in [1.165, 1.54) is 11.3 Å². The molecule has 0 atom stereocenters. The summed E-state index contributed by atoms with van der Waals surface area (Å²) >= 11 is 1.39. The van der Waals surface area contributed by atoms with Crippen LogP contribution in [0, 0.1) is 6.92 Å². The summed E-state index contributed by atoms with van der Waals surface area (Å²) in [6.45, 7) is 9.86. The molecule has 0 amide bonds. The SMILES string of the molecule is C=CCN(C1CC1)S(=O)(=O)c1cc(C)c(CNCCC)s1. The molecule has 0 spiro atoms. The molecule has 1 saturated carbocycles. The molecule has 1 fully saturated rings. The van der Waals surface area contributed by atoms with Crippen molar-refractivity contribution in [2.75, 3.05) is 13.1 Å². The average Bonchev–Trinajstić information content (AvgIpc) is 3.20. The number of rotatable bonds is 9. The minimum absolute atomic E-state index is 0.164. The predicted molar refractivity (Wildman–Crippen MR) is 88.2 cm³/mol. The van der Waals surface area contributed by atoms with Gasteiger partial charge in [-0.1, -0.05) is 13.0 Å².